The molecular weight excluding hydrogens is 259 g/mol. The Morgan fingerprint density at radius 1 is 1.37 bits per heavy atom. The van der Waals surface area contributed by atoms with Crippen molar-refractivity contribution in [1.29, 1.82) is 0 Å². The minimum atomic E-state index is -0.220. The van der Waals surface area contributed by atoms with Crippen LogP contribution in [0, 0.1) is 18.2 Å². The summed E-state index contributed by atoms with van der Waals surface area (Å²) in [5.41, 5.74) is 2.01. The number of halogens is 1. The maximum Gasteiger partial charge on any atom is 0.161 e. The fourth-order valence-electron chi connectivity index (χ4n) is 2.05. The highest BCUT2D eigenvalue weighted by Gasteiger charge is 2.27. The Hall–Kier alpha value is -1.03. The molecule has 1 heterocycles. The summed E-state index contributed by atoms with van der Waals surface area (Å²) in [4.78, 5) is 4.77. The summed E-state index contributed by atoms with van der Waals surface area (Å²) in [6, 6.07) is 5.12. The van der Waals surface area contributed by atoms with Crippen molar-refractivity contribution in [3.8, 4) is 0 Å². The van der Waals surface area contributed by atoms with Gasteiger partial charge in [0.25, 0.3) is 0 Å². The van der Waals surface area contributed by atoms with E-state index in [1.54, 1.807) is 17.8 Å². The van der Waals surface area contributed by atoms with Gasteiger partial charge in [0.15, 0.2) is 5.17 Å². The van der Waals surface area contributed by atoms with Gasteiger partial charge in [-0.2, -0.15) is 0 Å². The van der Waals surface area contributed by atoms with Crippen molar-refractivity contribution in [2.75, 3.05) is 11.1 Å². The lowest BCUT2D eigenvalue weighted by molar-refractivity contribution is 0.316. The van der Waals surface area contributed by atoms with Crippen LogP contribution < -0.4 is 5.32 Å². The molecule has 19 heavy (non-hydrogen) atoms. The first kappa shape index (κ1) is 14.4. The molecule has 1 aliphatic heterocycles. The lowest BCUT2D eigenvalue weighted by atomic mass is 9.85. The van der Waals surface area contributed by atoms with Crippen molar-refractivity contribution in [3.05, 3.63) is 29.6 Å². The van der Waals surface area contributed by atoms with Gasteiger partial charge in [-0.1, -0.05) is 38.6 Å². The molecule has 0 bridgehead atoms. The largest absolute Gasteiger partial charge is 0.335 e. The highest BCUT2D eigenvalue weighted by molar-refractivity contribution is 8.14. The lowest BCUT2D eigenvalue weighted by Crippen LogP contribution is -2.30. The summed E-state index contributed by atoms with van der Waals surface area (Å²) < 4.78 is 13.3. The van der Waals surface area contributed by atoms with Gasteiger partial charge in [0.2, 0.25) is 0 Å². The maximum atomic E-state index is 13.3. The summed E-state index contributed by atoms with van der Waals surface area (Å²) in [6.07, 6.45) is 1.10. The second kappa shape index (κ2) is 5.53. The molecule has 4 heteroatoms. The summed E-state index contributed by atoms with van der Waals surface area (Å²) in [5.74, 6) is 0.837. The molecule has 0 saturated carbocycles. The van der Waals surface area contributed by atoms with Gasteiger partial charge in [-0.15, -0.1) is 0 Å². The van der Waals surface area contributed by atoms with Crippen LogP contribution in [0.5, 0.6) is 0 Å². The third-order valence-corrected chi connectivity index (χ3v) is 4.26. The SMILES string of the molecule is Cc1ccc(F)cc1NC1=NC(C(C)(C)C)CCS1. The number of aryl methyl sites for hydroxylation is 1. The molecule has 104 valence electrons. The van der Waals surface area contributed by atoms with Crippen LogP contribution in [0.1, 0.15) is 32.8 Å². The van der Waals surface area contributed by atoms with Crippen LogP contribution in [0.3, 0.4) is 0 Å². The van der Waals surface area contributed by atoms with Crippen molar-refractivity contribution >= 4 is 22.6 Å². The topological polar surface area (TPSA) is 24.4 Å². The van der Waals surface area contributed by atoms with Crippen molar-refractivity contribution in [2.24, 2.45) is 10.4 Å². The average molecular weight is 280 g/mol. The highest BCUT2D eigenvalue weighted by Crippen LogP contribution is 2.31. The first-order chi connectivity index (χ1) is 8.86. The van der Waals surface area contributed by atoms with E-state index in [0.29, 0.717) is 6.04 Å². The van der Waals surface area contributed by atoms with Crippen LogP contribution in [0.4, 0.5) is 10.1 Å². The molecule has 1 aliphatic rings. The Labute approximate surface area is 118 Å². The zero-order chi connectivity index (χ0) is 14.0. The Bertz CT molecular complexity index is 491. The number of hydrogen-bond donors (Lipinski definition) is 1. The number of hydrogen-bond acceptors (Lipinski definition) is 3. The monoisotopic (exact) mass is 280 g/mol. The van der Waals surface area contributed by atoms with E-state index in [2.05, 4.69) is 26.1 Å². The van der Waals surface area contributed by atoms with Crippen LogP contribution >= 0.6 is 11.8 Å². The molecular formula is C15H21FN2S. The fourth-order valence-corrected chi connectivity index (χ4v) is 2.97. The first-order valence-electron chi connectivity index (χ1n) is 6.60. The van der Waals surface area contributed by atoms with Crippen molar-refractivity contribution in [1.82, 2.24) is 0 Å². The number of benzene rings is 1. The molecule has 0 fully saturated rings. The second-order valence-corrected chi connectivity index (χ2v) is 7.12. The normalized spacial score (nSPS) is 20.1. The molecule has 2 rings (SSSR count). The Morgan fingerprint density at radius 2 is 2.11 bits per heavy atom. The molecule has 0 spiro atoms. The van der Waals surface area contributed by atoms with Crippen molar-refractivity contribution < 1.29 is 4.39 Å². The predicted octanol–water partition coefficient (Wildman–Crippen LogP) is 4.45. The van der Waals surface area contributed by atoms with E-state index in [1.165, 1.54) is 12.1 Å². The summed E-state index contributed by atoms with van der Waals surface area (Å²) in [6.45, 7) is 8.60. The minimum absolute atomic E-state index is 0.172. The number of thioether (sulfide) groups is 1. The van der Waals surface area contributed by atoms with Gasteiger partial charge < -0.3 is 5.32 Å². The molecule has 1 unspecified atom stereocenters. The predicted molar refractivity (Wildman–Crippen MR) is 82.5 cm³/mol. The quantitative estimate of drug-likeness (QED) is 0.821. The van der Waals surface area contributed by atoms with E-state index in [9.17, 15) is 4.39 Å². The molecule has 1 aromatic carbocycles. The van der Waals surface area contributed by atoms with E-state index >= 15 is 0 Å². The number of nitrogens with one attached hydrogen (secondary N) is 1. The standard InChI is InChI=1S/C15H21FN2S/c1-10-5-6-11(16)9-12(10)17-14-18-13(7-8-19-14)15(2,3)4/h5-6,9,13H,7-8H2,1-4H3,(H,17,18). The van der Waals surface area contributed by atoms with E-state index in [4.69, 9.17) is 4.99 Å². The number of aliphatic imine (C=N–C) groups is 1. The number of anilines is 1. The average Bonchev–Trinajstić information content (AvgIpc) is 2.33. The van der Waals surface area contributed by atoms with Crippen LogP contribution in [-0.2, 0) is 0 Å². The van der Waals surface area contributed by atoms with Gasteiger partial charge in [-0.05, 0) is 36.5 Å². The molecule has 0 radical (unpaired) electrons. The molecule has 1 N–H and O–H groups in total. The maximum absolute atomic E-state index is 13.3. The smallest absolute Gasteiger partial charge is 0.161 e. The van der Waals surface area contributed by atoms with Crippen LogP contribution in [0.15, 0.2) is 23.2 Å². The molecule has 0 amide bonds. The van der Waals surface area contributed by atoms with Crippen LogP contribution in [0.2, 0.25) is 0 Å². The van der Waals surface area contributed by atoms with Crippen molar-refractivity contribution in [3.63, 3.8) is 0 Å². The van der Waals surface area contributed by atoms with Gasteiger partial charge in [0, 0.05) is 11.4 Å². The summed E-state index contributed by atoms with van der Waals surface area (Å²) in [7, 11) is 0. The second-order valence-electron chi connectivity index (χ2n) is 6.04. The van der Waals surface area contributed by atoms with E-state index in [-0.39, 0.29) is 11.2 Å². The third-order valence-electron chi connectivity index (χ3n) is 3.34. The first-order valence-corrected chi connectivity index (χ1v) is 7.58. The Balaban J connectivity index is 2.18. The Morgan fingerprint density at radius 3 is 2.79 bits per heavy atom. The van der Waals surface area contributed by atoms with Gasteiger partial charge >= 0.3 is 0 Å². The summed E-state index contributed by atoms with van der Waals surface area (Å²) in [5, 5.41) is 4.17. The van der Waals surface area contributed by atoms with Crippen molar-refractivity contribution in [2.45, 2.75) is 40.2 Å². The number of amidine groups is 1. The molecule has 2 nitrogen and oxygen atoms in total. The fraction of sp³-hybridized carbons (Fsp3) is 0.533. The molecule has 1 atom stereocenters. The summed E-state index contributed by atoms with van der Waals surface area (Å²) >= 11 is 1.71. The molecule has 0 aromatic heterocycles. The Kier molecular flexibility index (Phi) is 4.19. The van der Waals surface area contributed by atoms with Gasteiger partial charge in [0.05, 0.1) is 6.04 Å². The lowest BCUT2D eigenvalue weighted by Gasteiger charge is -2.31. The minimum Gasteiger partial charge on any atom is -0.335 e. The number of rotatable bonds is 1. The molecule has 0 aliphatic carbocycles. The highest BCUT2D eigenvalue weighted by atomic mass is 32.2. The van der Waals surface area contributed by atoms with E-state index < -0.39 is 0 Å². The van der Waals surface area contributed by atoms with Crippen LogP contribution in [0.25, 0.3) is 0 Å². The van der Waals surface area contributed by atoms with Gasteiger partial charge in [0.1, 0.15) is 5.82 Å². The van der Waals surface area contributed by atoms with Gasteiger partial charge in [-0.3, -0.25) is 4.99 Å². The molecule has 0 saturated heterocycles. The third kappa shape index (κ3) is 3.72. The zero-order valence-corrected chi connectivity index (χ0v) is 12.8. The molecule has 1 aromatic rings. The van der Waals surface area contributed by atoms with E-state index in [1.807, 2.05) is 6.92 Å². The van der Waals surface area contributed by atoms with Gasteiger partial charge in [-0.25, -0.2) is 4.39 Å². The number of nitrogens with zero attached hydrogens (tertiary/aromatic N) is 1. The van der Waals surface area contributed by atoms with E-state index in [0.717, 1.165) is 28.6 Å². The van der Waals surface area contributed by atoms with Crippen LogP contribution in [-0.4, -0.2) is 17.0 Å². The zero-order valence-electron chi connectivity index (χ0n) is 12.0.